The lowest BCUT2D eigenvalue weighted by Crippen LogP contribution is -2.10. The Labute approximate surface area is 163 Å². The Morgan fingerprint density at radius 3 is 2.52 bits per heavy atom. The number of aromatic nitrogens is 2. The van der Waals surface area contributed by atoms with Crippen LogP contribution in [0.25, 0.3) is 0 Å². The minimum Gasteiger partial charge on any atom is -0.478 e. The van der Waals surface area contributed by atoms with Crippen LogP contribution in [0.1, 0.15) is 38.6 Å². The molecule has 0 aliphatic rings. The quantitative estimate of drug-likeness (QED) is 0.650. The number of nitrogens with zero attached hydrogens (tertiary/aromatic N) is 2. The number of benzene rings is 2. The summed E-state index contributed by atoms with van der Waals surface area (Å²) < 4.78 is 0. The van der Waals surface area contributed by atoms with Crippen LogP contribution in [0.4, 0.5) is 5.82 Å². The highest BCUT2D eigenvalue weighted by Gasteiger charge is 2.12. The molecule has 0 atom stereocenters. The van der Waals surface area contributed by atoms with E-state index >= 15 is 0 Å². The molecule has 1 heterocycles. The number of aryl methyl sites for hydroxylation is 2. The Morgan fingerprint density at radius 1 is 1.07 bits per heavy atom. The fourth-order valence-electron chi connectivity index (χ4n) is 2.90. The zero-order valence-electron chi connectivity index (χ0n) is 15.2. The van der Waals surface area contributed by atoms with Gasteiger partial charge in [0.25, 0.3) is 0 Å². The summed E-state index contributed by atoms with van der Waals surface area (Å²) in [5.41, 5.74) is 4.19. The van der Waals surface area contributed by atoms with Gasteiger partial charge >= 0.3 is 5.97 Å². The molecule has 27 heavy (non-hydrogen) atoms. The van der Waals surface area contributed by atoms with Crippen molar-refractivity contribution in [3.05, 3.63) is 87.3 Å². The number of hydrogen-bond acceptors (Lipinski definition) is 4. The molecule has 0 bridgehead atoms. The molecular formula is C21H20ClN3O2. The number of carboxylic acid groups (broad SMARTS) is 1. The van der Waals surface area contributed by atoms with Crippen LogP contribution in [0.5, 0.6) is 0 Å². The number of anilines is 1. The van der Waals surface area contributed by atoms with Crippen LogP contribution in [0.2, 0.25) is 5.02 Å². The normalized spacial score (nSPS) is 10.6. The van der Waals surface area contributed by atoms with Crippen molar-refractivity contribution in [1.29, 1.82) is 0 Å². The molecule has 0 radical (unpaired) electrons. The van der Waals surface area contributed by atoms with Gasteiger partial charge in [-0.1, -0.05) is 35.9 Å². The number of carbonyl (C=O) groups is 1. The molecule has 5 nitrogen and oxygen atoms in total. The number of hydrogen-bond donors (Lipinski definition) is 2. The van der Waals surface area contributed by atoms with Gasteiger partial charge in [0, 0.05) is 29.2 Å². The van der Waals surface area contributed by atoms with E-state index in [4.69, 9.17) is 16.7 Å². The topological polar surface area (TPSA) is 75.1 Å². The Balaban J connectivity index is 1.85. The van der Waals surface area contributed by atoms with Gasteiger partial charge in [-0.3, -0.25) is 0 Å². The van der Waals surface area contributed by atoms with Gasteiger partial charge in [0.2, 0.25) is 0 Å². The maximum atomic E-state index is 11.1. The molecular weight excluding hydrogens is 362 g/mol. The van der Waals surface area contributed by atoms with E-state index in [9.17, 15) is 4.79 Å². The molecule has 0 saturated carbocycles. The average molecular weight is 382 g/mol. The first kappa shape index (κ1) is 18.9. The summed E-state index contributed by atoms with van der Waals surface area (Å²) in [5, 5.41) is 13.2. The van der Waals surface area contributed by atoms with E-state index in [2.05, 4.69) is 15.3 Å². The Morgan fingerprint density at radius 2 is 1.81 bits per heavy atom. The van der Waals surface area contributed by atoms with E-state index in [1.165, 1.54) is 0 Å². The SMILES string of the molecule is Cc1nc(C)c(Cc2ccc(Cl)cc2)c(NCc2cccc(C(=O)O)c2)n1. The minimum atomic E-state index is -0.936. The van der Waals surface area contributed by atoms with Crippen molar-refractivity contribution in [3.8, 4) is 0 Å². The molecule has 0 amide bonds. The molecule has 6 heteroatoms. The number of nitrogens with one attached hydrogen (secondary N) is 1. The fraction of sp³-hybridized carbons (Fsp3) is 0.190. The largest absolute Gasteiger partial charge is 0.478 e. The molecule has 2 aromatic carbocycles. The van der Waals surface area contributed by atoms with Crippen LogP contribution >= 0.6 is 11.6 Å². The van der Waals surface area contributed by atoms with Crippen molar-refractivity contribution in [2.75, 3.05) is 5.32 Å². The summed E-state index contributed by atoms with van der Waals surface area (Å²) in [6.45, 7) is 4.30. The first-order valence-corrected chi connectivity index (χ1v) is 8.95. The molecule has 0 aliphatic carbocycles. The molecule has 0 unspecified atom stereocenters. The lowest BCUT2D eigenvalue weighted by Gasteiger charge is -2.14. The standard InChI is InChI=1S/C21H20ClN3O2/c1-13-19(11-15-6-8-18(22)9-7-15)20(25-14(2)24-13)23-12-16-4-3-5-17(10-16)21(26)27/h3-10H,11-12H2,1-2H3,(H,26,27)(H,23,24,25). The van der Waals surface area contributed by atoms with Crippen LogP contribution in [-0.4, -0.2) is 21.0 Å². The van der Waals surface area contributed by atoms with E-state index in [1.54, 1.807) is 18.2 Å². The lowest BCUT2D eigenvalue weighted by molar-refractivity contribution is 0.0696. The number of halogens is 1. The van der Waals surface area contributed by atoms with Gasteiger partial charge in [0.05, 0.1) is 5.56 Å². The highest BCUT2D eigenvalue weighted by Crippen LogP contribution is 2.22. The minimum absolute atomic E-state index is 0.269. The number of carboxylic acids is 1. The summed E-state index contributed by atoms with van der Waals surface area (Å²) in [6.07, 6.45) is 0.681. The second-order valence-electron chi connectivity index (χ2n) is 6.35. The van der Waals surface area contributed by atoms with Crippen LogP contribution < -0.4 is 5.32 Å². The van der Waals surface area contributed by atoms with Crippen LogP contribution in [0.15, 0.2) is 48.5 Å². The van der Waals surface area contributed by atoms with Gasteiger partial charge in [-0.25, -0.2) is 14.8 Å². The Kier molecular flexibility index (Phi) is 5.72. The Bertz CT molecular complexity index is 972. The van der Waals surface area contributed by atoms with Crippen LogP contribution in [0.3, 0.4) is 0 Å². The third kappa shape index (κ3) is 4.83. The first-order chi connectivity index (χ1) is 12.9. The van der Waals surface area contributed by atoms with Crippen molar-refractivity contribution in [1.82, 2.24) is 9.97 Å². The molecule has 2 N–H and O–H groups in total. The van der Waals surface area contributed by atoms with Gasteiger partial charge in [-0.05, 0) is 49.2 Å². The Hall–Kier alpha value is -2.92. The van der Waals surface area contributed by atoms with Crippen LogP contribution in [-0.2, 0) is 13.0 Å². The summed E-state index contributed by atoms with van der Waals surface area (Å²) in [7, 11) is 0. The van der Waals surface area contributed by atoms with Gasteiger partial charge in [-0.15, -0.1) is 0 Å². The maximum Gasteiger partial charge on any atom is 0.335 e. The summed E-state index contributed by atoms with van der Waals surface area (Å²) >= 11 is 5.97. The van der Waals surface area contributed by atoms with E-state index in [-0.39, 0.29) is 5.56 Å². The van der Waals surface area contributed by atoms with Crippen molar-refractivity contribution in [2.45, 2.75) is 26.8 Å². The second-order valence-corrected chi connectivity index (χ2v) is 6.78. The van der Waals surface area contributed by atoms with E-state index < -0.39 is 5.97 Å². The third-order valence-corrected chi connectivity index (χ3v) is 4.51. The smallest absolute Gasteiger partial charge is 0.335 e. The molecule has 1 aromatic heterocycles. The van der Waals surface area contributed by atoms with Gasteiger partial charge in [0.1, 0.15) is 11.6 Å². The summed E-state index contributed by atoms with van der Waals surface area (Å²) in [4.78, 5) is 20.2. The predicted octanol–water partition coefficient (Wildman–Crippen LogP) is 4.65. The predicted molar refractivity (Wildman–Crippen MR) is 106 cm³/mol. The molecule has 0 fully saturated rings. The molecule has 0 aliphatic heterocycles. The average Bonchev–Trinajstić information content (AvgIpc) is 2.64. The summed E-state index contributed by atoms with van der Waals surface area (Å²) in [5.74, 6) is 0.513. The zero-order chi connectivity index (χ0) is 19.4. The molecule has 0 saturated heterocycles. The van der Waals surface area contributed by atoms with Gasteiger partial charge in [0.15, 0.2) is 0 Å². The van der Waals surface area contributed by atoms with Crippen molar-refractivity contribution >= 4 is 23.4 Å². The van der Waals surface area contributed by atoms with E-state index in [0.717, 1.165) is 28.2 Å². The highest BCUT2D eigenvalue weighted by molar-refractivity contribution is 6.30. The van der Waals surface area contributed by atoms with Crippen molar-refractivity contribution < 1.29 is 9.90 Å². The second kappa shape index (κ2) is 8.18. The van der Waals surface area contributed by atoms with E-state index in [0.29, 0.717) is 23.8 Å². The maximum absolute atomic E-state index is 11.1. The molecule has 138 valence electrons. The number of aromatic carboxylic acids is 1. The molecule has 3 aromatic rings. The van der Waals surface area contributed by atoms with E-state index in [1.807, 2.05) is 44.2 Å². The lowest BCUT2D eigenvalue weighted by atomic mass is 10.0. The zero-order valence-corrected chi connectivity index (χ0v) is 15.9. The van der Waals surface area contributed by atoms with Gasteiger partial charge in [-0.2, -0.15) is 0 Å². The highest BCUT2D eigenvalue weighted by atomic mass is 35.5. The molecule has 0 spiro atoms. The van der Waals surface area contributed by atoms with Crippen LogP contribution in [0, 0.1) is 13.8 Å². The number of rotatable bonds is 6. The van der Waals surface area contributed by atoms with Crippen molar-refractivity contribution in [3.63, 3.8) is 0 Å². The van der Waals surface area contributed by atoms with Crippen molar-refractivity contribution in [2.24, 2.45) is 0 Å². The first-order valence-electron chi connectivity index (χ1n) is 8.57. The summed E-state index contributed by atoms with van der Waals surface area (Å²) in [6, 6.07) is 14.6. The monoisotopic (exact) mass is 381 g/mol. The molecule has 3 rings (SSSR count). The van der Waals surface area contributed by atoms with Gasteiger partial charge < -0.3 is 10.4 Å². The third-order valence-electron chi connectivity index (χ3n) is 4.25. The fourth-order valence-corrected chi connectivity index (χ4v) is 3.03.